The van der Waals surface area contributed by atoms with Crippen LogP contribution in [0.4, 0.5) is 0 Å². The maximum Gasteiger partial charge on any atom is 1.00 e. The Morgan fingerprint density at radius 1 is 1.06 bits per heavy atom. The number of carbonyl (C=O) groups is 2. The quantitative estimate of drug-likeness (QED) is 0.336. The molecule has 0 saturated heterocycles. The number of benzene rings is 2. The molecule has 172 valence electrons. The first-order chi connectivity index (χ1) is 15.4. The molecule has 0 aliphatic rings. The minimum Gasteiger partial charge on any atom is -1.00 e. The van der Waals surface area contributed by atoms with E-state index in [1.165, 1.54) is 4.90 Å². The number of amides is 1. The molecule has 0 fully saturated rings. The number of carbonyl (C=O) groups excluding carboxylic acids is 1. The Bertz CT molecular complexity index is 1050. The number of tetrazole rings is 1. The first kappa shape index (κ1) is 30.5. The van der Waals surface area contributed by atoms with Crippen molar-refractivity contribution in [2.24, 2.45) is 5.92 Å². The average molecular weight is 484 g/mol. The van der Waals surface area contributed by atoms with E-state index in [1.807, 2.05) is 69.3 Å². The monoisotopic (exact) mass is 483 g/mol. The van der Waals surface area contributed by atoms with Gasteiger partial charge in [-0.05, 0) is 34.2 Å². The summed E-state index contributed by atoms with van der Waals surface area (Å²) in [7, 11) is 0. The van der Waals surface area contributed by atoms with Crippen molar-refractivity contribution >= 4 is 11.9 Å². The second-order valence-corrected chi connectivity index (χ2v) is 8.13. The van der Waals surface area contributed by atoms with Gasteiger partial charge in [0.2, 0.25) is 11.7 Å². The van der Waals surface area contributed by atoms with Crippen LogP contribution in [0, 0.1) is 5.92 Å². The van der Waals surface area contributed by atoms with E-state index in [1.54, 1.807) is 0 Å². The third-order valence-corrected chi connectivity index (χ3v) is 5.42. The number of aromatic nitrogens is 4. The van der Waals surface area contributed by atoms with Crippen LogP contribution in [0.2, 0.25) is 0 Å². The largest absolute Gasteiger partial charge is 1.00 e. The molecule has 0 spiro atoms. The molecule has 3 aromatic rings. The molecule has 1 atom stereocenters. The summed E-state index contributed by atoms with van der Waals surface area (Å²) >= 11 is 0. The van der Waals surface area contributed by atoms with Crippen LogP contribution in [0.25, 0.3) is 22.5 Å². The Labute approximate surface area is 247 Å². The first-order valence-electron chi connectivity index (χ1n) is 10.9. The van der Waals surface area contributed by atoms with Gasteiger partial charge in [0.15, 0.2) is 0 Å². The van der Waals surface area contributed by atoms with Crippen LogP contribution in [-0.2, 0) is 16.1 Å². The number of hydrogen-bond acceptors (Lipinski definition) is 5. The molecular weight excluding hydrogens is 452 g/mol. The molecule has 8 nitrogen and oxygen atoms in total. The molecule has 0 aliphatic heterocycles. The molecule has 1 amide bonds. The van der Waals surface area contributed by atoms with Crippen LogP contribution in [-0.4, -0.2) is 48.5 Å². The number of aromatic amines is 1. The van der Waals surface area contributed by atoms with E-state index >= 15 is 0 Å². The minimum atomic E-state index is -0.976. The molecule has 0 unspecified atom stereocenters. The van der Waals surface area contributed by atoms with Crippen LogP contribution in [0.1, 0.15) is 48.5 Å². The number of nitrogens with one attached hydrogen (secondary N) is 1. The predicted molar refractivity (Wildman–Crippen MR) is 124 cm³/mol. The van der Waals surface area contributed by atoms with Gasteiger partial charge in [0, 0.05) is 18.5 Å². The van der Waals surface area contributed by atoms with E-state index in [4.69, 9.17) is 0 Å². The number of nitrogens with zero attached hydrogens (tertiary/aromatic N) is 4. The van der Waals surface area contributed by atoms with Crippen molar-refractivity contribution in [1.82, 2.24) is 25.5 Å². The number of H-pyrrole nitrogens is 1. The van der Waals surface area contributed by atoms with Gasteiger partial charge in [0.05, 0.1) is 0 Å². The average Bonchev–Trinajstić information content (AvgIpc) is 3.32. The normalized spacial score (nSPS) is 11.3. The maximum absolute atomic E-state index is 12.9. The third-order valence-electron chi connectivity index (χ3n) is 5.42. The molecule has 1 aromatic heterocycles. The van der Waals surface area contributed by atoms with Gasteiger partial charge in [-0.2, -0.15) is 5.21 Å². The van der Waals surface area contributed by atoms with Gasteiger partial charge in [0.25, 0.3) is 0 Å². The van der Waals surface area contributed by atoms with Crippen molar-refractivity contribution < 1.29 is 76.7 Å². The molecule has 0 aliphatic carbocycles. The van der Waals surface area contributed by atoms with Crippen molar-refractivity contribution in [2.75, 3.05) is 0 Å². The first-order valence-corrected chi connectivity index (χ1v) is 10.9. The number of hydrogen-bond donors (Lipinski definition) is 2. The van der Waals surface area contributed by atoms with Gasteiger partial charge >= 0.3 is 65.1 Å². The van der Waals surface area contributed by atoms with Gasteiger partial charge in [-0.25, -0.2) is 4.79 Å². The molecule has 0 radical (unpaired) electrons. The Kier molecular flexibility index (Phi) is 13.2. The van der Waals surface area contributed by atoms with Gasteiger partial charge in [0.1, 0.15) is 6.04 Å². The summed E-state index contributed by atoms with van der Waals surface area (Å²) in [6.45, 7) is 5.93. The van der Waals surface area contributed by atoms with E-state index in [9.17, 15) is 14.7 Å². The molecule has 2 aromatic carbocycles. The topological polar surface area (TPSA) is 112 Å². The zero-order valence-electron chi connectivity index (χ0n) is 22.7. The molecule has 34 heavy (non-hydrogen) atoms. The fraction of sp³-hybridized carbons (Fsp3) is 0.375. The van der Waals surface area contributed by atoms with E-state index in [0.717, 1.165) is 35.1 Å². The molecule has 2 N–H and O–H groups in total. The summed E-state index contributed by atoms with van der Waals surface area (Å²) in [6.07, 6.45) is 1.97. The summed E-state index contributed by atoms with van der Waals surface area (Å²) in [6, 6.07) is 14.7. The second-order valence-electron chi connectivity index (χ2n) is 8.13. The van der Waals surface area contributed by atoms with E-state index in [0.29, 0.717) is 12.2 Å². The van der Waals surface area contributed by atoms with Crippen LogP contribution >= 0.6 is 0 Å². The van der Waals surface area contributed by atoms with E-state index in [-0.39, 0.29) is 80.3 Å². The van der Waals surface area contributed by atoms with Crippen LogP contribution < -0.4 is 59.1 Å². The van der Waals surface area contributed by atoms with Gasteiger partial charge in [-0.15, -0.1) is 10.2 Å². The SMILES string of the molecule is CCCCC(=O)N(Cc1ccc(-c2ccccc2-c2nn[nH]n2)cc1)[C@H](C(=O)O)C(C)C.[H-].[H-].[Na+].[Na+]. The molecular formula is C24H31N5Na2O3. The number of carboxylic acid groups (broad SMARTS) is 1. The van der Waals surface area contributed by atoms with Crippen molar-refractivity contribution in [3.63, 3.8) is 0 Å². The Hall–Kier alpha value is -1.55. The zero-order valence-corrected chi connectivity index (χ0v) is 24.7. The fourth-order valence-electron chi connectivity index (χ4n) is 3.78. The number of unbranched alkanes of at least 4 members (excludes halogenated alkanes) is 1. The number of aliphatic carboxylic acids is 1. The van der Waals surface area contributed by atoms with E-state index in [2.05, 4.69) is 20.6 Å². The van der Waals surface area contributed by atoms with E-state index < -0.39 is 12.0 Å². The van der Waals surface area contributed by atoms with Crippen molar-refractivity contribution in [3.8, 4) is 22.5 Å². The number of carboxylic acids is 1. The van der Waals surface area contributed by atoms with Crippen molar-refractivity contribution in [1.29, 1.82) is 0 Å². The Morgan fingerprint density at radius 3 is 2.24 bits per heavy atom. The molecule has 0 saturated carbocycles. The standard InChI is InChI=1S/C24H29N5O3.2Na.2H/c1-4-5-10-21(30)29(22(16(2)3)24(31)32)15-17-11-13-18(14-12-17)19-8-6-7-9-20(19)23-25-27-28-26-23;;;;/h6-9,11-14,16,22H,4-5,10,15H2,1-3H3,(H,31,32)(H,25,26,27,28);;;;/q;2*+1;2*-1/t22-;;;;/m0..../s1. The number of rotatable bonds is 10. The zero-order chi connectivity index (χ0) is 23.1. The van der Waals surface area contributed by atoms with Gasteiger partial charge in [-0.3, -0.25) is 4.79 Å². The van der Waals surface area contributed by atoms with Gasteiger partial charge in [-0.1, -0.05) is 75.7 Å². The summed E-state index contributed by atoms with van der Waals surface area (Å²) in [4.78, 5) is 26.3. The third kappa shape index (κ3) is 7.73. The van der Waals surface area contributed by atoms with Crippen molar-refractivity contribution in [3.05, 3.63) is 54.1 Å². The fourth-order valence-corrected chi connectivity index (χ4v) is 3.78. The smallest absolute Gasteiger partial charge is 1.00 e. The predicted octanol–water partition coefficient (Wildman–Crippen LogP) is -1.61. The maximum atomic E-state index is 12.9. The van der Waals surface area contributed by atoms with Crippen LogP contribution in [0.3, 0.4) is 0 Å². The van der Waals surface area contributed by atoms with Crippen LogP contribution in [0.15, 0.2) is 48.5 Å². The van der Waals surface area contributed by atoms with Crippen LogP contribution in [0.5, 0.6) is 0 Å². The molecule has 3 rings (SSSR count). The summed E-state index contributed by atoms with van der Waals surface area (Å²) in [5, 5.41) is 24.0. The Balaban J connectivity index is 0. The van der Waals surface area contributed by atoms with Crippen molar-refractivity contribution in [2.45, 2.75) is 52.6 Å². The van der Waals surface area contributed by atoms with Gasteiger partial charge < -0.3 is 12.9 Å². The summed E-state index contributed by atoms with van der Waals surface area (Å²) < 4.78 is 0. The second kappa shape index (κ2) is 14.8. The molecule has 10 heteroatoms. The summed E-state index contributed by atoms with van der Waals surface area (Å²) in [5.74, 6) is -0.784. The Morgan fingerprint density at radius 2 is 1.71 bits per heavy atom. The molecule has 0 bridgehead atoms. The minimum absolute atomic E-state index is 0. The summed E-state index contributed by atoms with van der Waals surface area (Å²) in [5.41, 5.74) is 3.66. The molecule has 1 heterocycles.